The van der Waals surface area contributed by atoms with Crippen molar-refractivity contribution >= 4 is 11.7 Å². The molecule has 0 aromatic heterocycles. The average molecular weight is 338 g/mol. The van der Waals surface area contributed by atoms with Crippen LogP contribution in [0.5, 0.6) is 0 Å². The molecule has 0 saturated carbocycles. The van der Waals surface area contributed by atoms with Crippen molar-refractivity contribution in [3.05, 3.63) is 64.7 Å². The first-order chi connectivity index (χ1) is 11.9. The van der Waals surface area contributed by atoms with E-state index in [1.807, 2.05) is 12.1 Å². The number of aromatic carboxylic acids is 1. The minimum absolute atomic E-state index is 0.333. The van der Waals surface area contributed by atoms with E-state index in [0.717, 1.165) is 18.7 Å². The number of benzene rings is 2. The van der Waals surface area contributed by atoms with Crippen LogP contribution in [0.3, 0.4) is 0 Å². The quantitative estimate of drug-likeness (QED) is 0.902. The molecular weight excluding hydrogens is 312 g/mol. The van der Waals surface area contributed by atoms with Crippen molar-refractivity contribution in [3.8, 4) is 0 Å². The van der Waals surface area contributed by atoms with Gasteiger partial charge in [-0.25, -0.2) is 4.79 Å². The van der Waals surface area contributed by atoms with E-state index < -0.39 is 5.97 Å². The molecule has 0 fully saturated rings. The summed E-state index contributed by atoms with van der Waals surface area (Å²) in [5.41, 5.74) is 5.48. The number of hydrogen-bond donors (Lipinski definition) is 1. The number of likely N-dealkylation sites (N-methyl/N-ethyl adjacent to an activating group) is 1. The van der Waals surface area contributed by atoms with Crippen LogP contribution < -0.4 is 4.90 Å². The van der Waals surface area contributed by atoms with Crippen molar-refractivity contribution in [2.45, 2.75) is 32.4 Å². The van der Waals surface area contributed by atoms with Crippen molar-refractivity contribution in [3.63, 3.8) is 0 Å². The maximum Gasteiger partial charge on any atom is 0.335 e. The fourth-order valence-electron chi connectivity index (χ4n) is 3.75. The zero-order valence-corrected chi connectivity index (χ0v) is 15.4. The summed E-state index contributed by atoms with van der Waals surface area (Å²) in [5, 5.41) is 9.06. The van der Waals surface area contributed by atoms with E-state index in [9.17, 15) is 4.79 Å². The van der Waals surface area contributed by atoms with Crippen molar-refractivity contribution in [1.29, 1.82) is 0 Å². The molecule has 2 atom stereocenters. The first-order valence-electron chi connectivity index (χ1n) is 8.71. The number of carboxylic acids is 1. The lowest BCUT2D eigenvalue weighted by molar-refractivity contribution is 0.0697. The van der Waals surface area contributed by atoms with E-state index in [2.05, 4.69) is 55.9 Å². The molecule has 0 bridgehead atoms. The number of hydrogen-bond acceptors (Lipinski definition) is 3. The second kappa shape index (κ2) is 6.89. The maximum atomic E-state index is 11.0. The zero-order valence-electron chi connectivity index (χ0n) is 15.4. The van der Waals surface area contributed by atoms with Gasteiger partial charge in [-0.15, -0.1) is 0 Å². The summed E-state index contributed by atoms with van der Waals surface area (Å²) >= 11 is 0. The number of nitrogens with zero attached hydrogens (tertiary/aromatic N) is 2. The fraction of sp³-hybridized carbons (Fsp3) is 0.381. The van der Waals surface area contributed by atoms with Gasteiger partial charge in [0.2, 0.25) is 0 Å². The smallest absolute Gasteiger partial charge is 0.335 e. The van der Waals surface area contributed by atoms with Crippen LogP contribution in [0.1, 0.15) is 39.9 Å². The monoisotopic (exact) mass is 338 g/mol. The molecule has 0 amide bonds. The molecule has 132 valence electrons. The predicted molar refractivity (Wildman–Crippen MR) is 102 cm³/mol. The van der Waals surface area contributed by atoms with Gasteiger partial charge in [-0.05, 0) is 57.3 Å². The second-order valence-electron chi connectivity index (χ2n) is 7.30. The van der Waals surface area contributed by atoms with Gasteiger partial charge < -0.3 is 14.9 Å². The molecular formula is C21H26N2O2. The standard InChI is InChI=1S/C21H26N2O2/c1-14-5-10-20-18(11-14)19(13-22(3)4)15(2)23(20)12-16-6-8-17(9-7-16)21(24)25/h5-11,15,19H,12-13H2,1-4H3,(H,24,25)/t15-,19-/m0/s1. The van der Waals surface area contributed by atoms with Crippen molar-refractivity contribution in [2.75, 3.05) is 25.5 Å². The van der Waals surface area contributed by atoms with Gasteiger partial charge in [-0.1, -0.05) is 29.8 Å². The van der Waals surface area contributed by atoms with Crippen LogP contribution in [-0.2, 0) is 6.54 Å². The molecule has 1 aliphatic rings. The Morgan fingerprint density at radius 3 is 2.44 bits per heavy atom. The Labute approximate surface area is 149 Å². The summed E-state index contributed by atoms with van der Waals surface area (Å²) in [5.74, 6) is -0.406. The van der Waals surface area contributed by atoms with Crippen LogP contribution in [0.25, 0.3) is 0 Å². The Kier molecular flexibility index (Phi) is 4.82. The summed E-state index contributed by atoms with van der Waals surface area (Å²) in [6, 6.07) is 14.3. The molecule has 1 heterocycles. The van der Waals surface area contributed by atoms with Gasteiger partial charge in [0.05, 0.1) is 5.56 Å². The molecule has 3 rings (SSSR count). The molecule has 0 unspecified atom stereocenters. The van der Waals surface area contributed by atoms with Crippen molar-refractivity contribution < 1.29 is 9.90 Å². The molecule has 0 aliphatic carbocycles. The molecule has 4 heteroatoms. The van der Waals surface area contributed by atoms with E-state index in [4.69, 9.17) is 5.11 Å². The third-order valence-electron chi connectivity index (χ3n) is 5.08. The highest BCUT2D eigenvalue weighted by molar-refractivity contribution is 5.87. The van der Waals surface area contributed by atoms with Gasteiger partial charge in [0, 0.05) is 30.7 Å². The van der Waals surface area contributed by atoms with E-state index in [0.29, 0.717) is 17.5 Å². The predicted octanol–water partition coefficient (Wildman–Crippen LogP) is 3.75. The lowest BCUT2D eigenvalue weighted by Crippen LogP contribution is -2.34. The molecule has 4 nitrogen and oxygen atoms in total. The normalized spacial score (nSPS) is 19.3. The highest BCUT2D eigenvalue weighted by Gasteiger charge is 2.35. The zero-order chi connectivity index (χ0) is 18.1. The first-order valence-corrected chi connectivity index (χ1v) is 8.71. The lowest BCUT2D eigenvalue weighted by atomic mass is 9.94. The third kappa shape index (κ3) is 3.54. The number of rotatable bonds is 5. The van der Waals surface area contributed by atoms with Crippen molar-refractivity contribution in [2.24, 2.45) is 0 Å². The maximum absolute atomic E-state index is 11.0. The van der Waals surface area contributed by atoms with E-state index in [1.165, 1.54) is 16.8 Å². The van der Waals surface area contributed by atoms with Gasteiger partial charge in [0.25, 0.3) is 0 Å². The third-order valence-corrected chi connectivity index (χ3v) is 5.08. The highest BCUT2D eigenvalue weighted by atomic mass is 16.4. The van der Waals surface area contributed by atoms with E-state index in [1.54, 1.807) is 12.1 Å². The van der Waals surface area contributed by atoms with E-state index in [-0.39, 0.29) is 0 Å². The molecule has 25 heavy (non-hydrogen) atoms. The fourth-order valence-corrected chi connectivity index (χ4v) is 3.75. The summed E-state index contributed by atoms with van der Waals surface area (Å²) in [6.45, 7) is 6.24. The number of carboxylic acid groups (broad SMARTS) is 1. The number of aryl methyl sites for hydroxylation is 1. The minimum atomic E-state index is -0.882. The summed E-state index contributed by atoms with van der Waals surface area (Å²) in [6.07, 6.45) is 0. The summed E-state index contributed by atoms with van der Waals surface area (Å²) < 4.78 is 0. The summed E-state index contributed by atoms with van der Waals surface area (Å²) in [7, 11) is 4.24. The van der Waals surface area contributed by atoms with Gasteiger partial charge in [-0.2, -0.15) is 0 Å². The Morgan fingerprint density at radius 2 is 1.84 bits per heavy atom. The number of fused-ring (bicyclic) bond motifs is 1. The molecule has 2 aromatic carbocycles. The van der Waals surface area contributed by atoms with Crippen LogP contribution in [0.2, 0.25) is 0 Å². The molecule has 1 N–H and O–H groups in total. The number of anilines is 1. The minimum Gasteiger partial charge on any atom is -0.478 e. The van der Waals surface area contributed by atoms with Gasteiger partial charge >= 0.3 is 5.97 Å². The van der Waals surface area contributed by atoms with Crippen LogP contribution >= 0.6 is 0 Å². The molecule has 0 spiro atoms. The topological polar surface area (TPSA) is 43.8 Å². The lowest BCUT2D eigenvalue weighted by Gasteiger charge is -2.28. The number of carbonyl (C=O) groups is 1. The largest absolute Gasteiger partial charge is 0.478 e. The molecule has 0 radical (unpaired) electrons. The van der Waals surface area contributed by atoms with Crippen LogP contribution in [0.4, 0.5) is 5.69 Å². The Hall–Kier alpha value is -2.33. The van der Waals surface area contributed by atoms with Gasteiger partial charge in [-0.3, -0.25) is 0 Å². The SMILES string of the molecule is Cc1ccc2c(c1)[C@@H](CN(C)C)[C@H](C)N2Cc1ccc(C(=O)O)cc1. The Balaban J connectivity index is 1.89. The van der Waals surface area contributed by atoms with Crippen LogP contribution in [0, 0.1) is 6.92 Å². The van der Waals surface area contributed by atoms with Crippen molar-refractivity contribution in [1.82, 2.24) is 4.90 Å². The van der Waals surface area contributed by atoms with Crippen LogP contribution in [0.15, 0.2) is 42.5 Å². The Bertz CT molecular complexity index is 768. The summed E-state index contributed by atoms with van der Waals surface area (Å²) in [4.78, 5) is 15.7. The van der Waals surface area contributed by atoms with Gasteiger partial charge in [0.15, 0.2) is 0 Å². The van der Waals surface area contributed by atoms with Gasteiger partial charge in [0.1, 0.15) is 0 Å². The molecule has 2 aromatic rings. The Morgan fingerprint density at radius 1 is 1.16 bits per heavy atom. The molecule has 0 saturated heterocycles. The molecule has 1 aliphatic heterocycles. The van der Waals surface area contributed by atoms with E-state index >= 15 is 0 Å². The average Bonchev–Trinajstić information content (AvgIpc) is 2.80. The second-order valence-corrected chi connectivity index (χ2v) is 7.30. The highest BCUT2D eigenvalue weighted by Crippen LogP contribution is 2.42. The first kappa shape index (κ1) is 17.5. The van der Waals surface area contributed by atoms with Crippen LogP contribution in [-0.4, -0.2) is 42.7 Å².